The van der Waals surface area contributed by atoms with E-state index in [0.717, 1.165) is 19.3 Å². The number of rotatable bonds is 2. The first-order valence-electron chi connectivity index (χ1n) is 8.71. The molecule has 3 nitrogen and oxygen atoms in total. The lowest BCUT2D eigenvalue weighted by molar-refractivity contribution is -0.293. The molecular formula is C18H19F6N3. The first kappa shape index (κ1) is 19.7. The van der Waals surface area contributed by atoms with Gasteiger partial charge in [-0.15, -0.1) is 0 Å². The number of halogens is 6. The van der Waals surface area contributed by atoms with Crippen molar-refractivity contribution in [2.45, 2.75) is 63.1 Å². The molecule has 1 aromatic carbocycles. The fraction of sp³-hybridized carbons (Fsp3) is 0.556. The lowest BCUT2D eigenvalue weighted by atomic mass is 9.93. The zero-order valence-electron chi connectivity index (χ0n) is 14.6. The molecule has 148 valence electrons. The largest absolute Gasteiger partial charge is 0.443 e. The van der Waals surface area contributed by atoms with Gasteiger partial charge in [0.15, 0.2) is 0 Å². The van der Waals surface area contributed by atoms with Crippen molar-refractivity contribution < 1.29 is 26.3 Å². The Morgan fingerprint density at radius 2 is 1.44 bits per heavy atom. The fourth-order valence-corrected chi connectivity index (χ4v) is 3.65. The van der Waals surface area contributed by atoms with E-state index in [1.54, 1.807) is 18.2 Å². The van der Waals surface area contributed by atoms with Gasteiger partial charge in [-0.1, -0.05) is 49.6 Å². The van der Waals surface area contributed by atoms with E-state index >= 15 is 0 Å². The van der Waals surface area contributed by atoms with E-state index in [9.17, 15) is 26.3 Å². The molecule has 27 heavy (non-hydrogen) atoms. The van der Waals surface area contributed by atoms with Gasteiger partial charge in [0.1, 0.15) is 11.7 Å². The maximum Gasteiger partial charge on any atom is 0.443 e. The summed E-state index contributed by atoms with van der Waals surface area (Å²) in [7, 11) is 0. The Balaban J connectivity index is 2.20. The summed E-state index contributed by atoms with van der Waals surface area (Å²) < 4.78 is 81.4. The Labute approximate surface area is 152 Å². The first-order chi connectivity index (χ1) is 12.6. The minimum Gasteiger partial charge on any atom is -0.312 e. The van der Waals surface area contributed by atoms with Crippen molar-refractivity contribution in [3.63, 3.8) is 0 Å². The van der Waals surface area contributed by atoms with Gasteiger partial charge in [-0.3, -0.25) is 0 Å². The second kappa shape index (κ2) is 6.83. The number of aliphatic imine (C=N–C) groups is 2. The van der Waals surface area contributed by atoms with Crippen LogP contribution in [0.25, 0.3) is 0 Å². The standard InChI is InChI=1S/C18H19F6N3/c1-12-25-16(17(19,20)21,18(22,23)24)26-15(13-8-4-2-5-9-13)27(12)14-10-6-3-7-11-14/h2,4-5,8-9,14H,3,6-7,10-11H2,1H3. The number of alkyl halides is 6. The van der Waals surface area contributed by atoms with Crippen LogP contribution in [0.5, 0.6) is 0 Å². The van der Waals surface area contributed by atoms with E-state index in [1.807, 2.05) is 0 Å². The van der Waals surface area contributed by atoms with Crippen molar-refractivity contribution in [1.29, 1.82) is 0 Å². The molecule has 1 heterocycles. The smallest absolute Gasteiger partial charge is 0.312 e. The maximum absolute atomic E-state index is 13.6. The van der Waals surface area contributed by atoms with Crippen LogP contribution in [0.1, 0.15) is 44.6 Å². The van der Waals surface area contributed by atoms with E-state index in [4.69, 9.17) is 0 Å². The van der Waals surface area contributed by atoms with Gasteiger partial charge in [0, 0.05) is 11.6 Å². The topological polar surface area (TPSA) is 28.0 Å². The lowest BCUT2D eigenvalue weighted by Crippen LogP contribution is -2.60. The molecule has 1 saturated carbocycles. The Morgan fingerprint density at radius 1 is 0.889 bits per heavy atom. The summed E-state index contributed by atoms with van der Waals surface area (Å²) in [6.45, 7) is 1.19. The van der Waals surface area contributed by atoms with E-state index in [2.05, 4.69) is 9.98 Å². The third-order valence-electron chi connectivity index (χ3n) is 4.93. The van der Waals surface area contributed by atoms with Crippen LogP contribution < -0.4 is 0 Å². The predicted octanol–water partition coefficient (Wildman–Crippen LogP) is 5.32. The highest BCUT2D eigenvalue weighted by Crippen LogP contribution is 2.49. The fourth-order valence-electron chi connectivity index (χ4n) is 3.65. The van der Waals surface area contributed by atoms with E-state index in [-0.39, 0.29) is 23.3 Å². The quantitative estimate of drug-likeness (QED) is 0.627. The number of hydrogen-bond donors (Lipinski definition) is 0. The molecule has 2 aliphatic rings. The molecule has 3 rings (SSSR count). The molecule has 0 amide bonds. The SMILES string of the molecule is CC1=NC(C(F)(F)F)(C(F)(F)F)N=C(c2ccccc2)N1C1CCCCC1. The van der Waals surface area contributed by atoms with Crippen molar-refractivity contribution in [1.82, 2.24) is 4.90 Å². The second-order valence-electron chi connectivity index (χ2n) is 6.79. The molecule has 0 spiro atoms. The molecule has 0 radical (unpaired) electrons. The van der Waals surface area contributed by atoms with E-state index < -0.39 is 18.0 Å². The average Bonchev–Trinajstić information content (AvgIpc) is 2.60. The van der Waals surface area contributed by atoms with Crippen molar-refractivity contribution in [3.8, 4) is 0 Å². The van der Waals surface area contributed by atoms with Gasteiger partial charge in [0.05, 0.1) is 0 Å². The molecule has 0 atom stereocenters. The van der Waals surface area contributed by atoms with Gasteiger partial charge >= 0.3 is 18.0 Å². The van der Waals surface area contributed by atoms with Crippen LogP contribution in [-0.4, -0.2) is 40.6 Å². The van der Waals surface area contributed by atoms with Gasteiger partial charge in [0.25, 0.3) is 0 Å². The summed E-state index contributed by atoms with van der Waals surface area (Å²) in [6.07, 6.45) is -7.35. The summed E-state index contributed by atoms with van der Waals surface area (Å²) in [5.74, 6) is -0.643. The van der Waals surface area contributed by atoms with Crippen molar-refractivity contribution in [3.05, 3.63) is 35.9 Å². The summed E-state index contributed by atoms with van der Waals surface area (Å²) in [5, 5.41) is 0. The Hall–Kier alpha value is -2.06. The molecule has 0 aromatic heterocycles. The average molecular weight is 391 g/mol. The number of benzene rings is 1. The predicted molar refractivity (Wildman–Crippen MR) is 89.6 cm³/mol. The zero-order chi connectivity index (χ0) is 19.9. The summed E-state index contributed by atoms with van der Waals surface area (Å²) in [4.78, 5) is 7.78. The minimum absolute atomic E-state index is 0.204. The second-order valence-corrected chi connectivity index (χ2v) is 6.79. The maximum atomic E-state index is 13.6. The number of nitrogens with zero attached hydrogens (tertiary/aromatic N) is 3. The van der Waals surface area contributed by atoms with Crippen molar-refractivity contribution >= 4 is 11.7 Å². The van der Waals surface area contributed by atoms with Crippen LogP contribution in [-0.2, 0) is 0 Å². The Kier molecular flexibility index (Phi) is 4.98. The number of hydrogen-bond acceptors (Lipinski definition) is 3. The summed E-state index contributed by atoms with van der Waals surface area (Å²) in [6, 6.07) is 7.46. The molecule has 0 N–H and O–H groups in total. The molecule has 1 aliphatic heterocycles. The van der Waals surface area contributed by atoms with Crippen LogP contribution in [0.2, 0.25) is 0 Å². The normalized spacial score (nSPS) is 21.7. The van der Waals surface area contributed by atoms with Crippen LogP contribution in [0.3, 0.4) is 0 Å². The molecule has 1 aromatic rings. The van der Waals surface area contributed by atoms with E-state index in [1.165, 1.54) is 24.0 Å². The van der Waals surface area contributed by atoms with Gasteiger partial charge in [-0.2, -0.15) is 26.3 Å². The third-order valence-corrected chi connectivity index (χ3v) is 4.93. The molecule has 0 saturated heterocycles. The summed E-state index contributed by atoms with van der Waals surface area (Å²) >= 11 is 0. The monoisotopic (exact) mass is 391 g/mol. The molecule has 9 heteroatoms. The minimum atomic E-state index is -5.70. The Morgan fingerprint density at radius 3 is 1.96 bits per heavy atom. The molecule has 1 fully saturated rings. The van der Waals surface area contributed by atoms with Crippen molar-refractivity contribution in [2.24, 2.45) is 9.98 Å². The van der Waals surface area contributed by atoms with Crippen LogP contribution in [0, 0.1) is 0 Å². The third kappa shape index (κ3) is 3.43. The molecule has 0 unspecified atom stereocenters. The van der Waals surface area contributed by atoms with Gasteiger partial charge in [-0.05, 0) is 19.8 Å². The molecule has 0 bridgehead atoms. The lowest BCUT2D eigenvalue weighted by Gasteiger charge is -2.43. The van der Waals surface area contributed by atoms with Gasteiger partial charge in [-0.25, -0.2) is 9.98 Å². The zero-order valence-corrected chi connectivity index (χ0v) is 14.6. The molecular weight excluding hydrogens is 372 g/mol. The molecule has 1 aliphatic carbocycles. The van der Waals surface area contributed by atoms with Gasteiger partial charge < -0.3 is 4.90 Å². The van der Waals surface area contributed by atoms with Crippen LogP contribution in [0.15, 0.2) is 40.3 Å². The Bertz CT molecular complexity index is 716. The highest BCUT2D eigenvalue weighted by atomic mass is 19.4. The number of amidine groups is 2. The highest BCUT2D eigenvalue weighted by Gasteiger charge is 2.73. The summed E-state index contributed by atoms with van der Waals surface area (Å²) in [5.41, 5.74) is -4.28. The van der Waals surface area contributed by atoms with Crippen LogP contribution >= 0.6 is 0 Å². The first-order valence-corrected chi connectivity index (χ1v) is 8.71. The van der Waals surface area contributed by atoms with Crippen molar-refractivity contribution in [2.75, 3.05) is 0 Å². The van der Waals surface area contributed by atoms with Crippen LogP contribution in [0.4, 0.5) is 26.3 Å². The van der Waals surface area contributed by atoms with Gasteiger partial charge in [0.2, 0.25) is 0 Å². The van der Waals surface area contributed by atoms with E-state index in [0.29, 0.717) is 12.8 Å². The highest BCUT2D eigenvalue weighted by molar-refractivity contribution is 6.10.